The first-order valence-electron chi connectivity index (χ1n) is 5.86. The van der Waals surface area contributed by atoms with Crippen LogP contribution in [0.1, 0.15) is 18.5 Å². The molecule has 0 aliphatic carbocycles. The third-order valence-corrected chi connectivity index (χ3v) is 2.73. The molecule has 0 spiro atoms. The molecule has 0 bridgehead atoms. The highest BCUT2D eigenvalue weighted by Crippen LogP contribution is 2.17. The minimum Gasteiger partial charge on any atom is -0.302 e. The molecule has 1 unspecified atom stereocenters. The van der Waals surface area contributed by atoms with Crippen LogP contribution in [0.2, 0.25) is 0 Å². The Bertz CT molecular complexity index is 519. The number of halogens is 3. The molecule has 102 valence electrons. The van der Waals surface area contributed by atoms with Gasteiger partial charge in [-0.1, -0.05) is 18.2 Å². The Morgan fingerprint density at radius 1 is 1.26 bits per heavy atom. The lowest BCUT2D eigenvalue weighted by atomic mass is 10.2. The SMILES string of the molecule is CC(NCC(F)(F)F)c1cnn(-c2ccccc2)c1. The molecule has 0 aliphatic rings. The van der Waals surface area contributed by atoms with Gasteiger partial charge in [-0.3, -0.25) is 0 Å². The van der Waals surface area contributed by atoms with E-state index < -0.39 is 18.8 Å². The summed E-state index contributed by atoms with van der Waals surface area (Å²) in [5, 5.41) is 6.57. The van der Waals surface area contributed by atoms with Crippen LogP contribution in [0.5, 0.6) is 0 Å². The van der Waals surface area contributed by atoms with E-state index >= 15 is 0 Å². The average Bonchev–Trinajstić information content (AvgIpc) is 2.86. The zero-order valence-electron chi connectivity index (χ0n) is 10.4. The van der Waals surface area contributed by atoms with Crippen molar-refractivity contribution in [2.75, 3.05) is 6.54 Å². The maximum Gasteiger partial charge on any atom is 0.401 e. The predicted molar refractivity (Wildman–Crippen MR) is 66.0 cm³/mol. The molecule has 6 heteroatoms. The average molecular weight is 269 g/mol. The minimum absolute atomic E-state index is 0.404. The lowest BCUT2D eigenvalue weighted by Gasteiger charge is -2.13. The van der Waals surface area contributed by atoms with Gasteiger partial charge in [0.15, 0.2) is 0 Å². The molecule has 2 rings (SSSR count). The smallest absolute Gasteiger partial charge is 0.302 e. The van der Waals surface area contributed by atoms with Gasteiger partial charge in [-0.25, -0.2) is 4.68 Å². The summed E-state index contributed by atoms with van der Waals surface area (Å²) in [6, 6.07) is 9.00. The van der Waals surface area contributed by atoms with E-state index in [0.717, 1.165) is 5.69 Å². The topological polar surface area (TPSA) is 29.9 Å². The molecule has 1 N–H and O–H groups in total. The summed E-state index contributed by atoms with van der Waals surface area (Å²) in [4.78, 5) is 0. The highest BCUT2D eigenvalue weighted by Gasteiger charge is 2.27. The maximum absolute atomic E-state index is 12.1. The van der Waals surface area contributed by atoms with Gasteiger partial charge in [-0.2, -0.15) is 18.3 Å². The third kappa shape index (κ3) is 3.82. The Kier molecular flexibility index (Phi) is 3.90. The number of nitrogens with one attached hydrogen (secondary N) is 1. The van der Waals surface area contributed by atoms with Crippen molar-refractivity contribution in [1.82, 2.24) is 15.1 Å². The first-order chi connectivity index (χ1) is 8.96. The minimum atomic E-state index is -4.20. The fraction of sp³-hybridized carbons (Fsp3) is 0.308. The maximum atomic E-state index is 12.1. The first kappa shape index (κ1) is 13.6. The van der Waals surface area contributed by atoms with Crippen molar-refractivity contribution in [2.24, 2.45) is 0 Å². The summed E-state index contributed by atoms with van der Waals surface area (Å²) >= 11 is 0. The van der Waals surface area contributed by atoms with Crippen molar-refractivity contribution in [3.8, 4) is 5.69 Å². The van der Waals surface area contributed by atoms with E-state index in [9.17, 15) is 13.2 Å². The Balaban J connectivity index is 2.05. The molecular formula is C13H14F3N3. The van der Waals surface area contributed by atoms with Gasteiger partial charge in [-0.15, -0.1) is 0 Å². The Labute approximate surface area is 109 Å². The summed E-state index contributed by atoms with van der Waals surface area (Å²) in [7, 11) is 0. The van der Waals surface area contributed by atoms with Crippen molar-refractivity contribution in [1.29, 1.82) is 0 Å². The molecule has 0 saturated heterocycles. The monoisotopic (exact) mass is 269 g/mol. The second kappa shape index (κ2) is 5.44. The van der Waals surface area contributed by atoms with Crippen LogP contribution >= 0.6 is 0 Å². The van der Waals surface area contributed by atoms with Crippen LogP contribution < -0.4 is 5.32 Å². The van der Waals surface area contributed by atoms with Crippen LogP contribution in [0.15, 0.2) is 42.7 Å². The van der Waals surface area contributed by atoms with E-state index in [1.807, 2.05) is 30.3 Å². The van der Waals surface area contributed by atoms with Gasteiger partial charge >= 0.3 is 6.18 Å². The van der Waals surface area contributed by atoms with Gasteiger partial charge in [-0.05, 0) is 19.1 Å². The van der Waals surface area contributed by atoms with E-state index in [2.05, 4.69) is 10.4 Å². The fourth-order valence-corrected chi connectivity index (χ4v) is 1.67. The molecule has 3 nitrogen and oxygen atoms in total. The Morgan fingerprint density at radius 3 is 2.58 bits per heavy atom. The Hall–Kier alpha value is -1.82. The standard InChI is InChI=1S/C13H14F3N3/c1-10(17-9-13(14,15)16)11-7-18-19(8-11)12-5-3-2-4-6-12/h2-8,10,17H,9H2,1H3. The number of alkyl halides is 3. The predicted octanol–water partition coefficient (Wildman–Crippen LogP) is 3.09. The number of para-hydroxylation sites is 1. The molecule has 0 radical (unpaired) electrons. The van der Waals surface area contributed by atoms with Crippen LogP contribution in [-0.4, -0.2) is 22.5 Å². The van der Waals surface area contributed by atoms with E-state index in [-0.39, 0.29) is 0 Å². The van der Waals surface area contributed by atoms with Crippen LogP contribution in [0.3, 0.4) is 0 Å². The van der Waals surface area contributed by atoms with Crippen LogP contribution in [0.4, 0.5) is 13.2 Å². The molecule has 0 aliphatic heterocycles. The van der Waals surface area contributed by atoms with Crippen LogP contribution in [0.25, 0.3) is 5.69 Å². The number of nitrogens with zero attached hydrogens (tertiary/aromatic N) is 2. The van der Waals surface area contributed by atoms with Crippen LogP contribution in [0, 0.1) is 0 Å². The van der Waals surface area contributed by atoms with Gasteiger partial charge in [0.1, 0.15) is 0 Å². The zero-order valence-corrected chi connectivity index (χ0v) is 10.4. The van der Waals surface area contributed by atoms with E-state index in [4.69, 9.17) is 0 Å². The number of rotatable bonds is 4. The van der Waals surface area contributed by atoms with Gasteiger partial charge in [0.25, 0.3) is 0 Å². The summed E-state index contributed by atoms with van der Waals surface area (Å²) in [6.45, 7) is 0.669. The van der Waals surface area contributed by atoms with Gasteiger partial charge in [0.2, 0.25) is 0 Å². The van der Waals surface area contributed by atoms with Crippen LogP contribution in [-0.2, 0) is 0 Å². The number of hydrogen-bond donors (Lipinski definition) is 1. The lowest BCUT2D eigenvalue weighted by Crippen LogP contribution is -2.30. The van der Waals surface area contributed by atoms with E-state index in [1.54, 1.807) is 24.0 Å². The second-order valence-corrected chi connectivity index (χ2v) is 4.27. The molecule has 1 heterocycles. The molecule has 0 saturated carbocycles. The molecular weight excluding hydrogens is 255 g/mol. The zero-order chi connectivity index (χ0) is 13.9. The normalized spacial score (nSPS) is 13.5. The van der Waals surface area contributed by atoms with E-state index in [0.29, 0.717) is 5.56 Å². The molecule has 1 atom stereocenters. The summed E-state index contributed by atoms with van der Waals surface area (Å²) in [5.74, 6) is 0. The lowest BCUT2D eigenvalue weighted by molar-refractivity contribution is -0.126. The van der Waals surface area contributed by atoms with Crippen molar-refractivity contribution in [2.45, 2.75) is 19.1 Å². The largest absolute Gasteiger partial charge is 0.401 e. The quantitative estimate of drug-likeness (QED) is 0.924. The molecule has 0 fully saturated rings. The van der Waals surface area contributed by atoms with Gasteiger partial charge < -0.3 is 5.32 Å². The molecule has 1 aromatic heterocycles. The highest BCUT2D eigenvalue weighted by molar-refractivity contribution is 5.31. The molecule has 1 aromatic carbocycles. The van der Waals surface area contributed by atoms with E-state index in [1.165, 1.54) is 0 Å². The molecule has 0 amide bonds. The summed E-state index contributed by atoms with van der Waals surface area (Å²) in [5.41, 5.74) is 1.59. The number of aromatic nitrogens is 2. The van der Waals surface area contributed by atoms with Crippen molar-refractivity contribution in [3.05, 3.63) is 48.3 Å². The van der Waals surface area contributed by atoms with Gasteiger partial charge in [0.05, 0.1) is 18.4 Å². The van der Waals surface area contributed by atoms with Crippen molar-refractivity contribution in [3.63, 3.8) is 0 Å². The van der Waals surface area contributed by atoms with Crippen molar-refractivity contribution < 1.29 is 13.2 Å². The third-order valence-electron chi connectivity index (χ3n) is 2.73. The van der Waals surface area contributed by atoms with Crippen molar-refractivity contribution >= 4 is 0 Å². The summed E-state index contributed by atoms with van der Waals surface area (Å²) < 4.78 is 38.0. The fourth-order valence-electron chi connectivity index (χ4n) is 1.67. The second-order valence-electron chi connectivity index (χ2n) is 4.27. The number of benzene rings is 1. The molecule has 19 heavy (non-hydrogen) atoms. The highest BCUT2D eigenvalue weighted by atomic mass is 19.4. The summed E-state index contributed by atoms with van der Waals surface area (Å²) in [6.07, 6.45) is -0.909. The number of hydrogen-bond acceptors (Lipinski definition) is 2. The molecule has 2 aromatic rings. The van der Waals surface area contributed by atoms with Gasteiger partial charge in [0, 0.05) is 17.8 Å². The Morgan fingerprint density at radius 2 is 1.95 bits per heavy atom. The first-order valence-corrected chi connectivity index (χ1v) is 5.86.